The number of nitrogens with two attached hydrogens (primary N) is 1. The molecule has 0 saturated carbocycles. The third kappa shape index (κ3) is 4.69. The minimum Gasteiger partial charge on any atom is -0.493 e. The van der Waals surface area contributed by atoms with Gasteiger partial charge in [0.05, 0.1) is 6.61 Å². The molecule has 2 N–H and O–H groups in total. The van der Waals surface area contributed by atoms with Crippen molar-refractivity contribution in [2.75, 3.05) is 33.4 Å². The molecule has 1 aliphatic rings. The molecule has 1 fully saturated rings. The molecule has 5 heteroatoms. The van der Waals surface area contributed by atoms with Crippen LogP contribution in [0.1, 0.15) is 37.0 Å². The van der Waals surface area contributed by atoms with E-state index in [4.69, 9.17) is 15.2 Å². The number of ether oxygens (including phenoxy) is 2. The van der Waals surface area contributed by atoms with Crippen LogP contribution in [0.4, 0.5) is 0 Å². The third-order valence-electron chi connectivity index (χ3n) is 4.44. The van der Waals surface area contributed by atoms with E-state index in [1.54, 1.807) is 7.11 Å². The maximum Gasteiger partial charge on any atom is 0.254 e. The molecule has 1 aliphatic heterocycles. The van der Waals surface area contributed by atoms with Crippen LogP contribution in [0.2, 0.25) is 0 Å². The molecule has 1 atom stereocenters. The van der Waals surface area contributed by atoms with E-state index in [1.807, 2.05) is 29.2 Å². The summed E-state index contributed by atoms with van der Waals surface area (Å²) in [6.45, 7) is 6.88. The predicted octanol–water partition coefficient (Wildman–Crippen LogP) is 2.30. The summed E-state index contributed by atoms with van der Waals surface area (Å²) in [7, 11) is 1.67. The Morgan fingerprint density at radius 3 is 2.87 bits per heavy atom. The van der Waals surface area contributed by atoms with Gasteiger partial charge < -0.3 is 20.1 Å². The van der Waals surface area contributed by atoms with Crippen molar-refractivity contribution in [1.29, 1.82) is 0 Å². The second-order valence-electron chi connectivity index (χ2n) is 6.83. The van der Waals surface area contributed by atoms with Gasteiger partial charge in [0.25, 0.3) is 5.91 Å². The van der Waals surface area contributed by atoms with Gasteiger partial charge in [-0.3, -0.25) is 4.79 Å². The highest BCUT2D eigenvalue weighted by Gasteiger charge is 2.35. The Kier molecular flexibility index (Phi) is 6.02. The molecule has 2 rings (SSSR count). The number of amides is 1. The van der Waals surface area contributed by atoms with Crippen molar-refractivity contribution in [1.82, 2.24) is 4.90 Å². The van der Waals surface area contributed by atoms with E-state index in [9.17, 15) is 4.79 Å². The quantitative estimate of drug-likeness (QED) is 0.817. The fraction of sp³-hybridized carbons (Fsp3) is 0.611. The zero-order valence-corrected chi connectivity index (χ0v) is 14.4. The number of benzene rings is 1. The molecule has 0 bridgehead atoms. The molecule has 1 saturated heterocycles. The summed E-state index contributed by atoms with van der Waals surface area (Å²) in [6.07, 6.45) is 1.67. The van der Waals surface area contributed by atoms with E-state index >= 15 is 0 Å². The Hall–Kier alpha value is -1.59. The van der Waals surface area contributed by atoms with Crippen molar-refractivity contribution < 1.29 is 14.3 Å². The van der Waals surface area contributed by atoms with E-state index in [0.29, 0.717) is 31.9 Å². The van der Waals surface area contributed by atoms with E-state index in [2.05, 4.69) is 13.8 Å². The smallest absolute Gasteiger partial charge is 0.254 e. The molecule has 0 spiro atoms. The first kappa shape index (κ1) is 17.8. The van der Waals surface area contributed by atoms with E-state index in [0.717, 1.165) is 18.6 Å². The fourth-order valence-electron chi connectivity index (χ4n) is 2.84. The number of hydrogen-bond acceptors (Lipinski definition) is 4. The lowest BCUT2D eigenvalue weighted by atomic mass is 9.79. The van der Waals surface area contributed by atoms with Crippen LogP contribution in [0, 0.1) is 5.41 Å². The van der Waals surface area contributed by atoms with Crippen molar-refractivity contribution in [3.05, 3.63) is 29.8 Å². The molecule has 1 aromatic rings. The Morgan fingerprint density at radius 2 is 2.17 bits per heavy atom. The van der Waals surface area contributed by atoms with Crippen molar-refractivity contribution in [2.45, 2.75) is 32.7 Å². The molecule has 1 heterocycles. The van der Waals surface area contributed by atoms with Crippen LogP contribution in [0.25, 0.3) is 0 Å². The average Bonchev–Trinajstić information content (AvgIpc) is 2.54. The maximum atomic E-state index is 12.7. The Bertz CT molecular complexity index is 531. The summed E-state index contributed by atoms with van der Waals surface area (Å²) >= 11 is 0. The van der Waals surface area contributed by atoms with Crippen LogP contribution in [0.3, 0.4) is 0 Å². The van der Waals surface area contributed by atoms with Gasteiger partial charge in [0.15, 0.2) is 0 Å². The average molecular weight is 320 g/mol. The van der Waals surface area contributed by atoms with Gasteiger partial charge >= 0.3 is 0 Å². The standard InChI is InChI=1S/C18H28N2O3/c1-18(2)13-20(9-8-16(18)19)17(21)14-6-4-7-15(12-14)23-11-5-10-22-3/h4,6-7,12,16H,5,8-11,13,19H2,1-3H3. The van der Waals surface area contributed by atoms with Gasteiger partial charge in [0, 0.05) is 44.8 Å². The number of hydrogen-bond donors (Lipinski definition) is 1. The molecule has 5 nitrogen and oxygen atoms in total. The number of nitrogens with zero attached hydrogens (tertiary/aromatic N) is 1. The van der Waals surface area contributed by atoms with Crippen molar-refractivity contribution >= 4 is 5.91 Å². The van der Waals surface area contributed by atoms with E-state index < -0.39 is 0 Å². The van der Waals surface area contributed by atoms with Gasteiger partial charge in [0.1, 0.15) is 5.75 Å². The van der Waals surface area contributed by atoms with Gasteiger partial charge in [-0.15, -0.1) is 0 Å². The van der Waals surface area contributed by atoms with Crippen molar-refractivity contribution in [3.8, 4) is 5.75 Å². The first-order valence-corrected chi connectivity index (χ1v) is 8.21. The second kappa shape index (κ2) is 7.79. The summed E-state index contributed by atoms with van der Waals surface area (Å²) in [5, 5.41) is 0. The lowest BCUT2D eigenvalue weighted by Gasteiger charge is -2.42. The van der Waals surface area contributed by atoms with Gasteiger partial charge in [-0.05, 0) is 30.0 Å². The molecule has 0 aromatic heterocycles. The normalized spacial score (nSPS) is 20.3. The lowest BCUT2D eigenvalue weighted by molar-refractivity contribution is 0.0532. The van der Waals surface area contributed by atoms with Crippen LogP contribution >= 0.6 is 0 Å². The van der Waals surface area contributed by atoms with E-state index in [-0.39, 0.29) is 17.4 Å². The van der Waals surface area contributed by atoms with Crippen LogP contribution in [-0.2, 0) is 4.74 Å². The zero-order chi connectivity index (χ0) is 16.9. The summed E-state index contributed by atoms with van der Waals surface area (Å²) in [4.78, 5) is 14.6. The molecule has 1 amide bonds. The zero-order valence-electron chi connectivity index (χ0n) is 14.4. The highest BCUT2D eigenvalue weighted by atomic mass is 16.5. The van der Waals surface area contributed by atoms with Crippen LogP contribution in [0.5, 0.6) is 5.75 Å². The summed E-state index contributed by atoms with van der Waals surface area (Å²) < 4.78 is 10.7. The molecule has 1 unspecified atom stereocenters. The lowest BCUT2D eigenvalue weighted by Crippen LogP contribution is -2.53. The van der Waals surface area contributed by atoms with Crippen LogP contribution in [0.15, 0.2) is 24.3 Å². The SMILES string of the molecule is COCCCOc1cccc(C(=O)N2CCC(N)C(C)(C)C2)c1. The Labute approximate surface area is 138 Å². The summed E-state index contributed by atoms with van der Waals surface area (Å²) in [6, 6.07) is 7.53. The van der Waals surface area contributed by atoms with Crippen LogP contribution < -0.4 is 10.5 Å². The molecule has 128 valence electrons. The first-order valence-electron chi connectivity index (χ1n) is 8.21. The number of piperidine rings is 1. The highest BCUT2D eigenvalue weighted by molar-refractivity contribution is 5.94. The maximum absolute atomic E-state index is 12.7. The third-order valence-corrected chi connectivity index (χ3v) is 4.44. The number of carbonyl (C=O) groups excluding carboxylic acids is 1. The fourth-order valence-corrected chi connectivity index (χ4v) is 2.84. The first-order chi connectivity index (χ1) is 10.9. The van der Waals surface area contributed by atoms with Crippen molar-refractivity contribution in [2.24, 2.45) is 11.1 Å². The molecular weight excluding hydrogens is 292 g/mol. The highest BCUT2D eigenvalue weighted by Crippen LogP contribution is 2.29. The second-order valence-corrected chi connectivity index (χ2v) is 6.83. The number of methoxy groups -OCH3 is 1. The number of likely N-dealkylation sites (tertiary alicyclic amines) is 1. The molecule has 1 aromatic carbocycles. The van der Waals surface area contributed by atoms with Crippen molar-refractivity contribution in [3.63, 3.8) is 0 Å². The number of rotatable bonds is 6. The molecule has 0 radical (unpaired) electrons. The Balaban J connectivity index is 1.99. The minimum atomic E-state index is -0.0534. The largest absolute Gasteiger partial charge is 0.493 e. The summed E-state index contributed by atoms with van der Waals surface area (Å²) in [5.74, 6) is 0.771. The molecule has 0 aliphatic carbocycles. The van der Waals surface area contributed by atoms with Gasteiger partial charge in [-0.25, -0.2) is 0 Å². The van der Waals surface area contributed by atoms with Gasteiger partial charge in [-0.1, -0.05) is 19.9 Å². The van der Waals surface area contributed by atoms with Gasteiger partial charge in [-0.2, -0.15) is 0 Å². The topological polar surface area (TPSA) is 64.8 Å². The number of carbonyl (C=O) groups is 1. The molecular formula is C18H28N2O3. The molecule has 23 heavy (non-hydrogen) atoms. The summed E-state index contributed by atoms with van der Waals surface area (Å²) in [5.41, 5.74) is 6.76. The van der Waals surface area contributed by atoms with E-state index in [1.165, 1.54) is 0 Å². The monoisotopic (exact) mass is 320 g/mol. The Morgan fingerprint density at radius 1 is 1.39 bits per heavy atom. The van der Waals surface area contributed by atoms with Gasteiger partial charge in [0.2, 0.25) is 0 Å². The predicted molar refractivity (Wildman–Crippen MR) is 90.7 cm³/mol. The van der Waals surface area contributed by atoms with Crippen LogP contribution in [-0.4, -0.2) is 50.3 Å². The minimum absolute atomic E-state index is 0.0484.